The normalized spacial score (nSPS) is 13.3. The Morgan fingerprint density at radius 2 is 1.84 bits per heavy atom. The summed E-state index contributed by atoms with van der Waals surface area (Å²) in [6, 6.07) is 3.30. The number of amides is 1. The van der Waals surface area contributed by atoms with Crippen LogP contribution in [0.4, 0.5) is 5.69 Å². The number of carboxylic acid groups (broad SMARTS) is 1. The highest BCUT2D eigenvalue weighted by Crippen LogP contribution is 2.38. The van der Waals surface area contributed by atoms with Gasteiger partial charge in [-0.25, -0.2) is 4.79 Å². The Hall–Kier alpha value is -2.02. The second-order valence-corrected chi connectivity index (χ2v) is 4.49. The van der Waals surface area contributed by atoms with Crippen molar-refractivity contribution < 1.29 is 24.2 Å². The van der Waals surface area contributed by atoms with Gasteiger partial charge in [0.25, 0.3) is 0 Å². The minimum absolute atomic E-state index is 0.445. The van der Waals surface area contributed by atoms with Crippen molar-refractivity contribution in [2.45, 2.75) is 0 Å². The number of halogens is 1. The predicted octanol–water partition coefficient (Wildman–Crippen LogP) is 1.80. The zero-order valence-electron chi connectivity index (χ0n) is 9.68. The molecule has 0 bridgehead atoms. The van der Waals surface area contributed by atoms with Crippen LogP contribution in [0, 0.1) is 0 Å². The van der Waals surface area contributed by atoms with Gasteiger partial charge in [-0.1, -0.05) is 0 Å². The number of aliphatic carboxylic acids is 1. The van der Waals surface area contributed by atoms with Crippen LogP contribution in [-0.2, 0) is 9.59 Å². The van der Waals surface area contributed by atoms with Gasteiger partial charge in [0.2, 0.25) is 5.91 Å². The molecule has 19 heavy (non-hydrogen) atoms. The summed E-state index contributed by atoms with van der Waals surface area (Å²) in [4.78, 5) is 21.8. The molecule has 0 saturated heterocycles. The Morgan fingerprint density at radius 1 is 1.21 bits per heavy atom. The van der Waals surface area contributed by atoms with Crippen molar-refractivity contribution in [1.29, 1.82) is 0 Å². The second-order valence-electron chi connectivity index (χ2n) is 3.64. The van der Waals surface area contributed by atoms with Crippen molar-refractivity contribution in [2.75, 3.05) is 18.5 Å². The van der Waals surface area contributed by atoms with Crippen LogP contribution in [0.15, 0.2) is 28.8 Å². The predicted molar refractivity (Wildman–Crippen MR) is 70.5 cm³/mol. The van der Waals surface area contributed by atoms with Crippen molar-refractivity contribution in [3.8, 4) is 11.5 Å². The molecule has 1 aliphatic rings. The van der Waals surface area contributed by atoms with E-state index in [9.17, 15) is 9.59 Å². The third kappa shape index (κ3) is 3.47. The van der Waals surface area contributed by atoms with Gasteiger partial charge in [0.05, 0.1) is 5.69 Å². The van der Waals surface area contributed by atoms with Gasteiger partial charge in [0, 0.05) is 28.8 Å². The van der Waals surface area contributed by atoms with Crippen LogP contribution >= 0.6 is 15.9 Å². The van der Waals surface area contributed by atoms with Gasteiger partial charge in [-0.05, 0) is 15.9 Å². The molecule has 0 atom stereocenters. The first kappa shape index (κ1) is 13.4. The van der Waals surface area contributed by atoms with Gasteiger partial charge in [-0.2, -0.15) is 0 Å². The molecule has 1 aliphatic heterocycles. The Bertz CT molecular complexity index is 555. The minimum atomic E-state index is -1.18. The van der Waals surface area contributed by atoms with E-state index in [1.807, 2.05) is 0 Å². The number of hydrogen-bond acceptors (Lipinski definition) is 4. The Balaban J connectivity index is 2.16. The molecule has 0 aromatic heterocycles. The number of ether oxygens (including phenoxy) is 2. The van der Waals surface area contributed by atoms with Crippen LogP contribution in [0.3, 0.4) is 0 Å². The number of carboxylic acids is 1. The molecule has 1 amide bonds. The lowest BCUT2D eigenvalue weighted by Gasteiger charge is -2.19. The summed E-state index contributed by atoms with van der Waals surface area (Å²) in [6.07, 6.45) is 1.70. The largest absolute Gasteiger partial charge is 0.486 e. The zero-order chi connectivity index (χ0) is 13.8. The summed E-state index contributed by atoms with van der Waals surface area (Å²) in [5.74, 6) is -0.597. The van der Waals surface area contributed by atoms with E-state index in [0.717, 1.165) is 12.2 Å². The van der Waals surface area contributed by atoms with E-state index in [-0.39, 0.29) is 0 Å². The van der Waals surface area contributed by atoms with Crippen LogP contribution in [0.2, 0.25) is 0 Å². The average Bonchev–Trinajstić information content (AvgIpc) is 2.37. The van der Waals surface area contributed by atoms with Gasteiger partial charge in [-0.15, -0.1) is 0 Å². The van der Waals surface area contributed by atoms with E-state index in [2.05, 4.69) is 21.2 Å². The van der Waals surface area contributed by atoms with Gasteiger partial charge in [0.1, 0.15) is 13.2 Å². The monoisotopic (exact) mass is 327 g/mol. The minimum Gasteiger partial charge on any atom is -0.486 e. The molecule has 0 unspecified atom stereocenters. The quantitative estimate of drug-likeness (QED) is 0.827. The molecular formula is C12H10BrNO5. The maximum atomic E-state index is 11.5. The van der Waals surface area contributed by atoms with Gasteiger partial charge < -0.3 is 19.9 Å². The molecule has 1 aromatic rings. The van der Waals surface area contributed by atoms with Crippen LogP contribution in [0.1, 0.15) is 0 Å². The molecule has 0 spiro atoms. The summed E-state index contributed by atoms with van der Waals surface area (Å²) in [6.45, 7) is 0.924. The van der Waals surface area contributed by atoms with Crippen LogP contribution < -0.4 is 14.8 Å². The van der Waals surface area contributed by atoms with E-state index >= 15 is 0 Å². The molecule has 0 saturated carbocycles. The van der Waals surface area contributed by atoms with Crippen molar-refractivity contribution >= 4 is 33.5 Å². The first-order chi connectivity index (χ1) is 9.06. The van der Waals surface area contributed by atoms with E-state index in [1.54, 1.807) is 12.1 Å². The summed E-state index contributed by atoms with van der Waals surface area (Å²) < 4.78 is 11.4. The highest BCUT2D eigenvalue weighted by molar-refractivity contribution is 9.10. The lowest BCUT2D eigenvalue weighted by Crippen LogP contribution is -2.16. The maximum Gasteiger partial charge on any atom is 0.328 e. The molecule has 0 radical (unpaired) electrons. The second kappa shape index (κ2) is 5.75. The van der Waals surface area contributed by atoms with Gasteiger partial charge >= 0.3 is 5.97 Å². The van der Waals surface area contributed by atoms with Crippen molar-refractivity contribution in [3.63, 3.8) is 0 Å². The summed E-state index contributed by atoms with van der Waals surface area (Å²) >= 11 is 3.29. The Labute approximate surface area is 117 Å². The average molecular weight is 328 g/mol. The van der Waals surface area contributed by atoms with Crippen molar-refractivity contribution in [2.24, 2.45) is 0 Å². The van der Waals surface area contributed by atoms with Gasteiger partial charge in [-0.3, -0.25) is 4.79 Å². The number of rotatable bonds is 3. The highest BCUT2D eigenvalue weighted by atomic mass is 79.9. The van der Waals surface area contributed by atoms with Crippen LogP contribution in [-0.4, -0.2) is 30.2 Å². The van der Waals surface area contributed by atoms with E-state index in [4.69, 9.17) is 14.6 Å². The molecule has 2 rings (SSSR count). The zero-order valence-corrected chi connectivity index (χ0v) is 11.3. The molecule has 100 valence electrons. The van der Waals surface area contributed by atoms with E-state index in [0.29, 0.717) is 34.9 Å². The third-order valence-electron chi connectivity index (χ3n) is 2.27. The number of fused-ring (bicyclic) bond motifs is 1. The van der Waals surface area contributed by atoms with Crippen molar-refractivity contribution in [3.05, 3.63) is 28.8 Å². The number of carbonyl (C=O) groups is 2. The highest BCUT2D eigenvalue weighted by Gasteiger charge is 2.15. The van der Waals surface area contributed by atoms with E-state index in [1.165, 1.54) is 0 Å². The smallest absolute Gasteiger partial charge is 0.328 e. The summed E-state index contributed by atoms with van der Waals surface area (Å²) in [5.41, 5.74) is 0.476. The molecule has 1 aromatic carbocycles. The molecule has 6 nitrogen and oxygen atoms in total. The first-order valence-corrected chi connectivity index (χ1v) is 6.16. The number of anilines is 1. The third-order valence-corrected chi connectivity index (χ3v) is 2.92. The number of nitrogens with one attached hydrogen (secondary N) is 1. The molecule has 0 aliphatic carbocycles. The number of hydrogen-bond donors (Lipinski definition) is 2. The van der Waals surface area contributed by atoms with Crippen LogP contribution in [0.25, 0.3) is 0 Å². The van der Waals surface area contributed by atoms with Gasteiger partial charge in [0.15, 0.2) is 11.5 Å². The summed E-state index contributed by atoms with van der Waals surface area (Å²) in [5, 5.41) is 11.0. The standard InChI is InChI=1S/C12H10BrNO5/c13-7-5-9-10(19-4-3-18-9)6-8(7)14-11(15)1-2-12(16)17/h1-2,5-6H,3-4H2,(H,14,15)(H,16,17). The van der Waals surface area contributed by atoms with Crippen molar-refractivity contribution in [1.82, 2.24) is 0 Å². The first-order valence-electron chi connectivity index (χ1n) is 5.37. The lowest BCUT2D eigenvalue weighted by atomic mass is 10.2. The maximum absolute atomic E-state index is 11.5. The Morgan fingerprint density at radius 3 is 2.47 bits per heavy atom. The fourth-order valence-electron chi connectivity index (χ4n) is 1.48. The fourth-order valence-corrected chi connectivity index (χ4v) is 1.90. The molecular weight excluding hydrogens is 318 g/mol. The summed E-state index contributed by atoms with van der Waals surface area (Å²) in [7, 11) is 0. The molecule has 1 heterocycles. The molecule has 0 fully saturated rings. The van der Waals surface area contributed by atoms with Crippen LogP contribution in [0.5, 0.6) is 11.5 Å². The Kier molecular flexibility index (Phi) is 4.06. The lowest BCUT2D eigenvalue weighted by molar-refractivity contribution is -0.131. The fraction of sp³-hybridized carbons (Fsp3) is 0.167. The van der Waals surface area contributed by atoms with E-state index < -0.39 is 11.9 Å². The number of carbonyl (C=O) groups excluding carboxylic acids is 1. The topological polar surface area (TPSA) is 84.9 Å². The SMILES string of the molecule is O=C(O)C=CC(=O)Nc1cc2c(cc1Br)OCCO2. The molecule has 7 heteroatoms. The number of benzene rings is 1. The molecule has 2 N–H and O–H groups in total.